The molecule has 0 aromatic rings. The summed E-state index contributed by atoms with van der Waals surface area (Å²) in [4.78, 5) is 11.2. The lowest BCUT2D eigenvalue weighted by Gasteiger charge is -1.38. The Morgan fingerprint density at radius 2 is 1.38 bits per heavy atom. The van der Waals surface area contributed by atoms with Gasteiger partial charge in [-0.2, -0.15) is 0 Å². The molecule has 0 atom stereocenters. The van der Waals surface area contributed by atoms with E-state index in [1.807, 2.05) is 6.79 Å². The van der Waals surface area contributed by atoms with E-state index in [0.29, 0.717) is 0 Å². The second-order valence-electron chi connectivity index (χ2n) is 0.316. The lowest BCUT2D eigenvalue weighted by Crippen LogP contribution is -1.69. The minimum atomic E-state index is 0. The number of rotatable bonds is 0. The van der Waals surface area contributed by atoms with Crippen LogP contribution in [0.15, 0.2) is 4.99 Å². The molecule has 0 rings (SSSR count). The molecule has 0 unspecified atom stereocenters. The topological polar surface area (TPSA) is 87.0 Å². The zero-order valence-corrected chi connectivity index (χ0v) is 5.35. The molecule has 0 aliphatic rings. The molecule has 4 nitrogen and oxygen atoms in total. The van der Waals surface area contributed by atoms with E-state index in [2.05, 4.69) is 17.4 Å². The average molecular weight is 122 g/mol. The zero-order chi connectivity index (χ0) is 6.71. The van der Waals surface area contributed by atoms with E-state index in [1.165, 1.54) is 7.05 Å². The number of carbonyl (C=O) groups excluding carboxylic acids is 1. The fraction of sp³-hybridized carbons (Fsp3) is 0.500. The highest BCUT2D eigenvalue weighted by molar-refractivity contribution is 5.22. The second kappa shape index (κ2) is 2560. The Labute approximate surface area is 49.7 Å². The highest BCUT2D eigenvalue weighted by atomic mass is 16.1. The van der Waals surface area contributed by atoms with Crippen molar-refractivity contribution in [2.24, 2.45) is 10.7 Å². The Morgan fingerprint density at radius 1 is 1.38 bits per heavy atom. The molecule has 0 bridgehead atoms. The van der Waals surface area contributed by atoms with Gasteiger partial charge in [-0.25, -0.2) is 0 Å². The fourth-order valence-electron chi connectivity index (χ4n) is 0. The van der Waals surface area contributed by atoms with Crippen molar-refractivity contribution >= 4 is 13.5 Å². The van der Waals surface area contributed by atoms with Crippen LogP contribution < -0.4 is 5.73 Å². The summed E-state index contributed by atoms with van der Waals surface area (Å²) >= 11 is 0. The zero-order valence-electron chi connectivity index (χ0n) is 5.35. The Balaban J connectivity index is -0.0000000147. The molecule has 0 saturated carbocycles. The van der Waals surface area contributed by atoms with Crippen LogP contribution >= 0.6 is 0 Å². The predicted octanol–water partition coefficient (Wildman–Crippen LogP) is -1.12. The molecule has 0 fully saturated rings. The number of carbonyl (C=O) groups is 1. The maximum absolute atomic E-state index is 8.00. The highest BCUT2D eigenvalue weighted by Gasteiger charge is 1.09. The molecule has 0 aliphatic heterocycles. The monoisotopic (exact) mass is 122 g/mol. The third-order valence-corrected chi connectivity index (χ3v) is 0. The molecule has 0 saturated heterocycles. The van der Waals surface area contributed by atoms with Gasteiger partial charge in [0.15, 0.2) is 0 Å². The van der Waals surface area contributed by atoms with Gasteiger partial charge >= 0.3 is 0 Å². The molecule has 0 amide bonds. The van der Waals surface area contributed by atoms with Crippen molar-refractivity contribution in [1.29, 1.82) is 0 Å². The average Bonchev–Trinajstić information content (AvgIpc) is 1.78. The van der Waals surface area contributed by atoms with E-state index >= 15 is 0 Å². The van der Waals surface area contributed by atoms with E-state index in [1.54, 1.807) is 7.05 Å². The van der Waals surface area contributed by atoms with Gasteiger partial charge in [-0.3, -0.25) is 0 Å². The Kier molecular flexibility index (Phi) is 8570. The number of aliphatic imine (C=N–C) groups is 1. The number of hydrogen-bond acceptors (Lipinski definition) is 3. The van der Waals surface area contributed by atoms with Crippen LogP contribution in [0, 0.1) is 0 Å². The predicted molar refractivity (Wildman–Crippen MR) is 36.3 cm³/mol. The van der Waals surface area contributed by atoms with Gasteiger partial charge in [0, 0.05) is 7.05 Å². The summed E-state index contributed by atoms with van der Waals surface area (Å²) in [6, 6.07) is 0. The standard InChI is InChI=1S/C2H5N.CH5N.CH2O.H2O/c1-3-2;2*1-2;/h1H2,2H3;2H2,1H3;1H2;1H2. The van der Waals surface area contributed by atoms with E-state index in [-0.39, 0.29) is 5.48 Å². The molecule has 0 aromatic carbocycles. The van der Waals surface area contributed by atoms with Crippen molar-refractivity contribution in [2.75, 3.05) is 14.1 Å². The molecule has 52 valence electrons. The first-order chi connectivity index (χ1) is 3.41. The highest BCUT2D eigenvalue weighted by Crippen LogP contribution is 1.22. The van der Waals surface area contributed by atoms with Crippen LogP contribution in [0.4, 0.5) is 0 Å². The van der Waals surface area contributed by atoms with Gasteiger partial charge in [0.2, 0.25) is 0 Å². The van der Waals surface area contributed by atoms with E-state index in [9.17, 15) is 0 Å². The summed E-state index contributed by atoms with van der Waals surface area (Å²) in [5.74, 6) is 0. The van der Waals surface area contributed by atoms with Crippen molar-refractivity contribution < 1.29 is 10.3 Å². The second-order valence-corrected chi connectivity index (χ2v) is 0.316. The normalized spacial score (nSPS) is 2.88. The summed E-state index contributed by atoms with van der Waals surface area (Å²) < 4.78 is 0. The number of nitrogens with two attached hydrogens (primary N) is 1. The molecular formula is C4H14N2O2. The summed E-state index contributed by atoms with van der Waals surface area (Å²) in [6.07, 6.45) is 0. The first kappa shape index (κ1) is 26.8. The van der Waals surface area contributed by atoms with Gasteiger partial charge in [0.1, 0.15) is 6.79 Å². The van der Waals surface area contributed by atoms with Crippen LogP contribution in [0.1, 0.15) is 0 Å². The molecule has 4 heteroatoms. The maximum atomic E-state index is 8.00. The molecule has 0 aromatic heterocycles. The van der Waals surface area contributed by atoms with Gasteiger partial charge in [-0.1, -0.05) is 0 Å². The van der Waals surface area contributed by atoms with Crippen LogP contribution in [-0.2, 0) is 4.79 Å². The minimum absolute atomic E-state index is 0. The molecule has 0 radical (unpaired) electrons. The molecule has 0 heterocycles. The van der Waals surface area contributed by atoms with Gasteiger partial charge < -0.3 is 21.0 Å². The minimum Gasteiger partial charge on any atom is -0.412 e. The van der Waals surface area contributed by atoms with Gasteiger partial charge in [0.25, 0.3) is 0 Å². The Bertz CT molecular complexity index is 26.0. The van der Waals surface area contributed by atoms with Crippen LogP contribution in [-0.4, -0.2) is 33.1 Å². The summed E-state index contributed by atoms with van der Waals surface area (Å²) in [5.41, 5.74) is 4.50. The first-order valence-electron chi connectivity index (χ1n) is 1.63. The third kappa shape index (κ3) is 174. The largest absolute Gasteiger partial charge is 0.412 e. The van der Waals surface area contributed by atoms with Crippen LogP contribution in [0.25, 0.3) is 0 Å². The van der Waals surface area contributed by atoms with E-state index < -0.39 is 0 Å². The Morgan fingerprint density at radius 3 is 1.38 bits per heavy atom. The lowest BCUT2D eigenvalue weighted by molar-refractivity contribution is -0.0979. The molecular weight excluding hydrogens is 108 g/mol. The summed E-state index contributed by atoms with van der Waals surface area (Å²) in [6.45, 7) is 5.11. The summed E-state index contributed by atoms with van der Waals surface area (Å²) in [5, 5.41) is 0. The van der Waals surface area contributed by atoms with Crippen molar-refractivity contribution in [3.05, 3.63) is 0 Å². The quantitative estimate of drug-likeness (QED) is 0.412. The van der Waals surface area contributed by atoms with Crippen molar-refractivity contribution in [2.45, 2.75) is 0 Å². The van der Waals surface area contributed by atoms with Gasteiger partial charge in [-0.05, 0) is 13.8 Å². The SMILES string of the molecule is C=NC.C=O.CN.O. The first-order valence-corrected chi connectivity index (χ1v) is 1.63. The van der Waals surface area contributed by atoms with E-state index in [0.717, 1.165) is 0 Å². The van der Waals surface area contributed by atoms with Crippen LogP contribution in [0.5, 0.6) is 0 Å². The smallest absolute Gasteiger partial charge is 0.106 e. The van der Waals surface area contributed by atoms with E-state index in [4.69, 9.17) is 4.79 Å². The number of nitrogens with zero attached hydrogens (tertiary/aromatic N) is 1. The fourth-order valence-corrected chi connectivity index (χ4v) is 0. The molecule has 4 N–H and O–H groups in total. The van der Waals surface area contributed by atoms with Crippen LogP contribution in [0.2, 0.25) is 0 Å². The van der Waals surface area contributed by atoms with Crippen molar-refractivity contribution in [1.82, 2.24) is 0 Å². The van der Waals surface area contributed by atoms with Crippen LogP contribution in [0.3, 0.4) is 0 Å². The Hall–Kier alpha value is -0.740. The number of hydrogen-bond donors (Lipinski definition) is 1. The van der Waals surface area contributed by atoms with Crippen molar-refractivity contribution in [3.8, 4) is 0 Å². The molecule has 8 heavy (non-hydrogen) atoms. The van der Waals surface area contributed by atoms with Gasteiger partial charge in [-0.15, -0.1) is 0 Å². The summed E-state index contributed by atoms with van der Waals surface area (Å²) in [7, 11) is 3.14. The molecule has 0 spiro atoms. The third-order valence-electron chi connectivity index (χ3n) is 0. The maximum Gasteiger partial charge on any atom is 0.106 e. The van der Waals surface area contributed by atoms with Crippen molar-refractivity contribution in [3.63, 3.8) is 0 Å². The molecule has 0 aliphatic carbocycles. The van der Waals surface area contributed by atoms with Gasteiger partial charge in [0.05, 0.1) is 0 Å². The lowest BCUT2D eigenvalue weighted by atomic mass is 11.4.